The quantitative estimate of drug-likeness (QED) is 0.614. The summed E-state index contributed by atoms with van der Waals surface area (Å²) in [5.41, 5.74) is 1.53. The van der Waals surface area contributed by atoms with Crippen molar-refractivity contribution in [2.24, 2.45) is 0 Å². The second-order valence-corrected chi connectivity index (χ2v) is 8.49. The summed E-state index contributed by atoms with van der Waals surface area (Å²) in [5, 5.41) is 5.11. The van der Waals surface area contributed by atoms with E-state index in [0.29, 0.717) is 48.7 Å². The molecule has 1 aliphatic rings. The fourth-order valence-electron chi connectivity index (χ4n) is 3.79. The van der Waals surface area contributed by atoms with Gasteiger partial charge in [-0.05, 0) is 31.0 Å². The van der Waals surface area contributed by atoms with Gasteiger partial charge < -0.3 is 15.0 Å². The minimum Gasteiger partial charge on any atom is -0.496 e. The third kappa shape index (κ3) is 4.96. The van der Waals surface area contributed by atoms with Gasteiger partial charge >= 0.3 is 0 Å². The van der Waals surface area contributed by atoms with Gasteiger partial charge in [-0.2, -0.15) is 0 Å². The number of carbonyl (C=O) groups excluding carboxylic acids is 2. The third-order valence-corrected chi connectivity index (χ3v) is 6.43. The summed E-state index contributed by atoms with van der Waals surface area (Å²) in [4.78, 5) is 31.4. The molecule has 0 saturated carbocycles. The first-order valence-electron chi connectivity index (χ1n) is 10.5. The van der Waals surface area contributed by atoms with Crippen molar-refractivity contribution in [3.05, 3.63) is 71.0 Å². The van der Waals surface area contributed by atoms with Crippen LogP contribution in [-0.2, 0) is 11.2 Å². The number of hydrogen-bond acceptors (Lipinski definition) is 5. The molecule has 1 fully saturated rings. The van der Waals surface area contributed by atoms with Crippen molar-refractivity contribution in [2.45, 2.75) is 25.3 Å². The van der Waals surface area contributed by atoms with Crippen molar-refractivity contribution in [3.63, 3.8) is 0 Å². The Morgan fingerprint density at radius 2 is 1.88 bits per heavy atom. The molecule has 0 aliphatic carbocycles. The van der Waals surface area contributed by atoms with Crippen LogP contribution in [0.2, 0.25) is 0 Å². The lowest BCUT2D eigenvalue weighted by molar-refractivity contribution is -0.131. The second kappa shape index (κ2) is 9.91. The van der Waals surface area contributed by atoms with Crippen LogP contribution in [0.5, 0.6) is 5.75 Å². The Hall–Kier alpha value is -3.26. The molecule has 2 heterocycles. The first kappa shape index (κ1) is 22.0. The molecule has 1 N–H and O–H groups in total. The molecule has 166 valence electrons. The van der Waals surface area contributed by atoms with Crippen LogP contribution in [0.1, 0.15) is 28.9 Å². The fraction of sp³-hybridized carbons (Fsp3) is 0.292. The highest BCUT2D eigenvalue weighted by atomic mass is 32.1. The van der Waals surface area contributed by atoms with Crippen LogP contribution in [0.25, 0.3) is 10.6 Å². The van der Waals surface area contributed by atoms with Crippen molar-refractivity contribution >= 4 is 23.2 Å². The highest BCUT2D eigenvalue weighted by molar-refractivity contribution is 7.13. The van der Waals surface area contributed by atoms with Gasteiger partial charge in [-0.1, -0.05) is 30.3 Å². The number of aromatic nitrogens is 1. The number of carbonyl (C=O) groups is 2. The third-order valence-electron chi connectivity index (χ3n) is 5.56. The van der Waals surface area contributed by atoms with Gasteiger partial charge in [0.15, 0.2) is 0 Å². The van der Waals surface area contributed by atoms with Crippen LogP contribution < -0.4 is 10.1 Å². The van der Waals surface area contributed by atoms with E-state index >= 15 is 0 Å². The molecule has 0 radical (unpaired) electrons. The number of para-hydroxylation sites is 1. The number of rotatable bonds is 6. The first-order valence-corrected chi connectivity index (χ1v) is 11.3. The van der Waals surface area contributed by atoms with E-state index in [9.17, 15) is 14.0 Å². The summed E-state index contributed by atoms with van der Waals surface area (Å²) in [7, 11) is 1.60. The molecule has 3 aromatic rings. The number of methoxy groups -OCH3 is 1. The SMILES string of the molecule is COc1ccccc1CC(=O)N1CCC(NC(=O)c2csc(-c3ccccc3F)n2)CC1. The predicted molar refractivity (Wildman–Crippen MR) is 121 cm³/mol. The molecule has 4 rings (SSSR count). The zero-order valence-electron chi connectivity index (χ0n) is 17.7. The maximum absolute atomic E-state index is 14.0. The van der Waals surface area contributed by atoms with Crippen LogP contribution in [0, 0.1) is 5.82 Å². The summed E-state index contributed by atoms with van der Waals surface area (Å²) < 4.78 is 19.3. The summed E-state index contributed by atoms with van der Waals surface area (Å²) >= 11 is 1.24. The van der Waals surface area contributed by atoms with E-state index in [-0.39, 0.29) is 29.4 Å². The average molecular weight is 454 g/mol. The van der Waals surface area contributed by atoms with E-state index in [1.54, 1.807) is 30.7 Å². The number of nitrogens with one attached hydrogen (secondary N) is 1. The topological polar surface area (TPSA) is 71.5 Å². The maximum Gasteiger partial charge on any atom is 0.270 e. The van der Waals surface area contributed by atoms with Gasteiger partial charge in [-0.25, -0.2) is 9.37 Å². The zero-order chi connectivity index (χ0) is 22.5. The number of hydrogen-bond donors (Lipinski definition) is 1. The average Bonchev–Trinajstić information content (AvgIpc) is 3.30. The van der Waals surface area contributed by atoms with Crippen molar-refractivity contribution in [2.75, 3.05) is 20.2 Å². The molecule has 0 bridgehead atoms. The molecular weight excluding hydrogens is 429 g/mol. The predicted octanol–water partition coefficient (Wildman–Crippen LogP) is 3.92. The molecule has 0 spiro atoms. The number of piperidine rings is 1. The Bertz CT molecular complexity index is 1110. The number of amides is 2. The van der Waals surface area contributed by atoms with E-state index in [4.69, 9.17) is 4.74 Å². The molecule has 1 aromatic heterocycles. The largest absolute Gasteiger partial charge is 0.496 e. The Morgan fingerprint density at radius 3 is 2.62 bits per heavy atom. The smallest absolute Gasteiger partial charge is 0.270 e. The minimum absolute atomic E-state index is 0.0311. The summed E-state index contributed by atoms with van der Waals surface area (Å²) in [5.74, 6) is 0.121. The zero-order valence-corrected chi connectivity index (χ0v) is 18.5. The Labute approximate surface area is 190 Å². The highest BCUT2D eigenvalue weighted by Gasteiger charge is 2.25. The van der Waals surface area contributed by atoms with Crippen molar-refractivity contribution < 1.29 is 18.7 Å². The van der Waals surface area contributed by atoms with Crippen LogP contribution >= 0.6 is 11.3 Å². The second-order valence-electron chi connectivity index (χ2n) is 7.63. The van der Waals surface area contributed by atoms with Gasteiger partial charge in [0.25, 0.3) is 5.91 Å². The van der Waals surface area contributed by atoms with E-state index in [1.165, 1.54) is 17.4 Å². The number of benzene rings is 2. The molecule has 0 unspecified atom stereocenters. The molecule has 1 aliphatic heterocycles. The van der Waals surface area contributed by atoms with Crippen LogP contribution in [0.15, 0.2) is 53.9 Å². The van der Waals surface area contributed by atoms with Gasteiger partial charge in [0.05, 0.1) is 13.5 Å². The number of thiazole rings is 1. The number of nitrogens with zero attached hydrogens (tertiary/aromatic N) is 2. The summed E-state index contributed by atoms with van der Waals surface area (Å²) in [6.07, 6.45) is 1.64. The number of ether oxygens (including phenoxy) is 1. The first-order chi connectivity index (χ1) is 15.5. The number of likely N-dealkylation sites (tertiary alicyclic amines) is 1. The molecule has 0 atom stereocenters. The van der Waals surface area contributed by atoms with E-state index in [0.717, 1.165) is 5.56 Å². The van der Waals surface area contributed by atoms with E-state index in [2.05, 4.69) is 10.3 Å². The number of halogens is 1. The molecule has 32 heavy (non-hydrogen) atoms. The van der Waals surface area contributed by atoms with Crippen LogP contribution in [0.3, 0.4) is 0 Å². The fourth-order valence-corrected chi connectivity index (χ4v) is 4.62. The minimum atomic E-state index is -0.362. The Balaban J connectivity index is 1.30. The molecule has 1 saturated heterocycles. The van der Waals surface area contributed by atoms with Crippen molar-refractivity contribution in [3.8, 4) is 16.3 Å². The van der Waals surface area contributed by atoms with Gasteiger partial charge in [-0.3, -0.25) is 9.59 Å². The molecular formula is C24H24FN3O3S. The molecule has 8 heteroatoms. The van der Waals surface area contributed by atoms with E-state index < -0.39 is 0 Å². The Kier molecular flexibility index (Phi) is 6.80. The molecule has 2 amide bonds. The standard InChI is InChI=1S/C24H24FN3O3S/c1-31-21-9-5-2-6-16(21)14-22(29)28-12-10-17(11-13-28)26-23(30)20-15-32-24(27-20)18-7-3-4-8-19(18)25/h2-9,15,17H,10-14H2,1H3,(H,26,30). The van der Waals surface area contributed by atoms with Crippen LogP contribution in [0.4, 0.5) is 4.39 Å². The maximum atomic E-state index is 14.0. The lowest BCUT2D eigenvalue weighted by Gasteiger charge is -2.32. The van der Waals surface area contributed by atoms with Crippen molar-refractivity contribution in [1.82, 2.24) is 15.2 Å². The van der Waals surface area contributed by atoms with Crippen molar-refractivity contribution in [1.29, 1.82) is 0 Å². The lowest BCUT2D eigenvalue weighted by atomic mass is 10.0. The Morgan fingerprint density at radius 1 is 1.16 bits per heavy atom. The molecule has 6 nitrogen and oxygen atoms in total. The summed E-state index contributed by atoms with van der Waals surface area (Å²) in [6.45, 7) is 1.16. The van der Waals surface area contributed by atoms with Gasteiger partial charge in [0.2, 0.25) is 5.91 Å². The van der Waals surface area contributed by atoms with Gasteiger partial charge in [-0.15, -0.1) is 11.3 Å². The van der Waals surface area contributed by atoms with Gasteiger partial charge in [0.1, 0.15) is 22.3 Å². The summed E-state index contributed by atoms with van der Waals surface area (Å²) in [6, 6.07) is 13.9. The normalized spacial score (nSPS) is 14.2. The van der Waals surface area contributed by atoms with Crippen LogP contribution in [-0.4, -0.2) is 47.9 Å². The van der Waals surface area contributed by atoms with Gasteiger partial charge in [0, 0.05) is 35.6 Å². The molecule has 2 aromatic carbocycles. The monoisotopic (exact) mass is 453 g/mol. The van der Waals surface area contributed by atoms with E-state index in [1.807, 2.05) is 29.2 Å². The highest BCUT2D eigenvalue weighted by Crippen LogP contribution is 2.26. The lowest BCUT2D eigenvalue weighted by Crippen LogP contribution is -2.47.